The van der Waals surface area contributed by atoms with E-state index >= 15 is 0 Å². The normalized spacial score (nSPS) is 12.9. The van der Waals surface area contributed by atoms with Crippen LogP contribution in [0.1, 0.15) is 12.5 Å². The maximum atomic E-state index is 5.56. The molecule has 2 aromatic rings. The number of nitrogens with zero attached hydrogens (tertiary/aromatic N) is 2. The van der Waals surface area contributed by atoms with E-state index in [2.05, 4.69) is 28.3 Å². The third-order valence-electron chi connectivity index (χ3n) is 2.58. The van der Waals surface area contributed by atoms with Crippen molar-refractivity contribution >= 4 is 11.0 Å². The van der Waals surface area contributed by atoms with Gasteiger partial charge in [-0.15, -0.1) is 0 Å². The van der Waals surface area contributed by atoms with Crippen LogP contribution in [0.3, 0.4) is 0 Å². The molecule has 4 heteroatoms. The maximum absolute atomic E-state index is 5.56. The summed E-state index contributed by atoms with van der Waals surface area (Å²) in [6.45, 7) is 3.47. The fraction of sp³-hybridized carbons (Fsp3) is 0.333. The molecule has 0 amide bonds. The van der Waals surface area contributed by atoms with E-state index in [0.717, 1.165) is 23.1 Å². The summed E-state index contributed by atoms with van der Waals surface area (Å²) in [6, 6.07) is 6.35. The van der Waals surface area contributed by atoms with Gasteiger partial charge in [0, 0.05) is 31.5 Å². The van der Waals surface area contributed by atoms with Crippen LogP contribution < -0.4 is 11.1 Å². The van der Waals surface area contributed by atoms with Crippen molar-refractivity contribution in [2.45, 2.75) is 19.5 Å². The summed E-state index contributed by atoms with van der Waals surface area (Å²) in [4.78, 5) is 8.63. The van der Waals surface area contributed by atoms with Crippen LogP contribution in [0.4, 0.5) is 0 Å². The third kappa shape index (κ3) is 2.35. The first-order valence-electron chi connectivity index (χ1n) is 5.43. The van der Waals surface area contributed by atoms with Gasteiger partial charge in [-0.25, -0.2) is 0 Å². The minimum absolute atomic E-state index is 0.312. The van der Waals surface area contributed by atoms with Crippen LogP contribution >= 0.6 is 0 Å². The zero-order valence-electron chi connectivity index (χ0n) is 9.35. The molecule has 16 heavy (non-hydrogen) atoms. The lowest BCUT2D eigenvalue weighted by molar-refractivity contribution is 0.557. The molecule has 0 unspecified atom stereocenters. The Morgan fingerprint density at radius 2 is 2.12 bits per heavy atom. The molecule has 4 nitrogen and oxygen atoms in total. The number of nitrogens with two attached hydrogens (primary N) is 1. The summed E-state index contributed by atoms with van der Waals surface area (Å²) < 4.78 is 0. The van der Waals surface area contributed by atoms with Gasteiger partial charge in [-0.05, 0) is 18.6 Å². The third-order valence-corrected chi connectivity index (χ3v) is 2.58. The Morgan fingerprint density at radius 3 is 2.94 bits per heavy atom. The van der Waals surface area contributed by atoms with Crippen LogP contribution in [0.2, 0.25) is 0 Å². The summed E-state index contributed by atoms with van der Waals surface area (Å²) >= 11 is 0. The molecule has 0 fully saturated rings. The minimum Gasteiger partial charge on any atom is -0.329 e. The van der Waals surface area contributed by atoms with Crippen molar-refractivity contribution in [2.75, 3.05) is 6.54 Å². The van der Waals surface area contributed by atoms with Gasteiger partial charge >= 0.3 is 0 Å². The Hall–Kier alpha value is -1.52. The van der Waals surface area contributed by atoms with Gasteiger partial charge in [0.15, 0.2) is 0 Å². The van der Waals surface area contributed by atoms with Crippen LogP contribution in [-0.2, 0) is 6.54 Å². The fourth-order valence-electron chi connectivity index (χ4n) is 1.56. The first-order valence-corrected chi connectivity index (χ1v) is 5.43. The van der Waals surface area contributed by atoms with Crippen molar-refractivity contribution in [3.63, 3.8) is 0 Å². The first-order chi connectivity index (χ1) is 7.81. The molecule has 0 aliphatic carbocycles. The highest BCUT2D eigenvalue weighted by atomic mass is 14.9. The summed E-state index contributed by atoms with van der Waals surface area (Å²) in [5.74, 6) is 0. The van der Waals surface area contributed by atoms with Gasteiger partial charge in [-0.1, -0.05) is 12.1 Å². The molecule has 1 heterocycles. The zero-order valence-corrected chi connectivity index (χ0v) is 9.35. The van der Waals surface area contributed by atoms with Crippen molar-refractivity contribution in [3.05, 3.63) is 36.2 Å². The molecule has 0 saturated carbocycles. The Labute approximate surface area is 94.9 Å². The van der Waals surface area contributed by atoms with E-state index in [1.807, 2.05) is 12.1 Å². The molecule has 0 aliphatic heterocycles. The highest BCUT2D eigenvalue weighted by molar-refractivity contribution is 5.77. The SMILES string of the molecule is C[C@@H](CN)NCc1cccc2nccnc12. The van der Waals surface area contributed by atoms with Crippen LogP contribution in [-0.4, -0.2) is 22.6 Å². The second-order valence-corrected chi connectivity index (χ2v) is 3.86. The topological polar surface area (TPSA) is 63.8 Å². The molecule has 2 rings (SSSR count). The number of aromatic nitrogens is 2. The highest BCUT2D eigenvalue weighted by Crippen LogP contribution is 2.13. The van der Waals surface area contributed by atoms with E-state index < -0.39 is 0 Å². The van der Waals surface area contributed by atoms with E-state index in [9.17, 15) is 0 Å². The number of para-hydroxylation sites is 1. The number of nitrogens with one attached hydrogen (secondary N) is 1. The van der Waals surface area contributed by atoms with Crippen LogP contribution in [0.15, 0.2) is 30.6 Å². The standard InChI is InChI=1S/C12H16N4/c1-9(7-13)16-8-10-3-2-4-11-12(10)15-6-5-14-11/h2-6,9,16H,7-8,13H2,1H3/t9-/m0/s1. The van der Waals surface area contributed by atoms with Gasteiger partial charge in [0.05, 0.1) is 11.0 Å². The minimum atomic E-state index is 0.312. The second kappa shape index (κ2) is 5.01. The van der Waals surface area contributed by atoms with Gasteiger partial charge in [0.25, 0.3) is 0 Å². The van der Waals surface area contributed by atoms with Crippen LogP contribution in [0, 0.1) is 0 Å². The number of fused-ring (bicyclic) bond motifs is 1. The van der Waals surface area contributed by atoms with Crippen molar-refractivity contribution < 1.29 is 0 Å². The average Bonchev–Trinajstić information content (AvgIpc) is 2.35. The molecule has 0 saturated heterocycles. The lowest BCUT2D eigenvalue weighted by Gasteiger charge is -2.11. The largest absolute Gasteiger partial charge is 0.329 e. The quantitative estimate of drug-likeness (QED) is 0.802. The lowest BCUT2D eigenvalue weighted by atomic mass is 10.1. The molecule has 0 aliphatic rings. The summed E-state index contributed by atoms with van der Waals surface area (Å²) in [6.07, 6.45) is 3.43. The van der Waals surface area contributed by atoms with Crippen molar-refractivity contribution in [1.29, 1.82) is 0 Å². The Morgan fingerprint density at radius 1 is 1.31 bits per heavy atom. The van der Waals surface area contributed by atoms with Crippen molar-refractivity contribution in [2.24, 2.45) is 5.73 Å². The summed E-state index contributed by atoms with van der Waals surface area (Å²) in [5, 5.41) is 3.35. The Balaban J connectivity index is 2.23. The molecule has 1 aromatic heterocycles. The van der Waals surface area contributed by atoms with Gasteiger partial charge in [0.1, 0.15) is 0 Å². The predicted octanol–water partition coefficient (Wildman–Crippen LogP) is 1.07. The van der Waals surface area contributed by atoms with E-state index in [1.165, 1.54) is 0 Å². The Bertz CT molecular complexity index is 464. The monoisotopic (exact) mass is 216 g/mol. The number of rotatable bonds is 4. The first kappa shape index (κ1) is 11.0. The van der Waals surface area contributed by atoms with E-state index in [0.29, 0.717) is 12.6 Å². The fourth-order valence-corrected chi connectivity index (χ4v) is 1.56. The van der Waals surface area contributed by atoms with Gasteiger partial charge < -0.3 is 11.1 Å². The molecule has 0 radical (unpaired) electrons. The molecule has 3 N–H and O–H groups in total. The molecule has 0 spiro atoms. The predicted molar refractivity (Wildman–Crippen MR) is 64.9 cm³/mol. The molecule has 1 aromatic carbocycles. The Kier molecular flexibility index (Phi) is 3.44. The van der Waals surface area contributed by atoms with Crippen LogP contribution in [0.5, 0.6) is 0 Å². The van der Waals surface area contributed by atoms with E-state index in [-0.39, 0.29) is 0 Å². The lowest BCUT2D eigenvalue weighted by Crippen LogP contribution is -2.32. The van der Waals surface area contributed by atoms with Crippen LogP contribution in [0.25, 0.3) is 11.0 Å². The summed E-state index contributed by atoms with van der Waals surface area (Å²) in [5.41, 5.74) is 8.61. The molecule has 1 atom stereocenters. The zero-order chi connectivity index (χ0) is 11.4. The molecular weight excluding hydrogens is 200 g/mol. The second-order valence-electron chi connectivity index (χ2n) is 3.86. The van der Waals surface area contributed by atoms with Gasteiger partial charge in [0.2, 0.25) is 0 Å². The number of hydrogen-bond donors (Lipinski definition) is 2. The number of benzene rings is 1. The van der Waals surface area contributed by atoms with Gasteiger partial charge in [-0.3, -0.25) is 9.97 Å². The average molecular weight is 216 g/mol. The molecule has 84 valence electrons. The molecule has 0 bridgehead atoms. The van der Waals surface area contributed by atoms with E-state index in [4.69, 9.17) is 5.73 Å². The smallest absolute Gasteiger partial charge is 0.0931 e. The van der Waals surface area contributed by atoms with Crippen molar-refractivity contribution in [3.8, 4) is 0 Å². The number of hydrogen-bond acceptors (Lipinski definition) is 4. The highest BCUT2D eigenvalue weighted by Gasteiger charge is 2.03. The summed E-state index contributed by atoms with van der Waals surface area (Å²) in [7, 11) is 0. The maximum Gasteiger partial charge on any atom is 0.0931 e. The van der Waals surface area contributed by atoms with Gasteiger partial charge in [-0.2, -0.15) is 0 Å². The van der Waals surface area contributed by atoms with E-state index in [1.54, 1.807) is 12.4 Å². The van der Waals surface area contributed by atoms with Crippen molar-refractivity contribution in [1.82, 2.24) is 15.3 Å². The molecular formula is C12H16N4.